The minimum Gasteiger partial charge on any atom is -0.308 e. The van der Waals surface area contributed by atoms with E-state index < -0.39 is 0 Å². The number of aromatic nitrogens is 2. The molecule has 0 bridgehead atoms. The molecule has 0 saturated carbocycles. The van der Waals surface area contributed by atoms with Crippen LogP contribution < -0.4 is 5.56 Å². The highest BCUT2D eigenvalue weighted by atomic mass is 35.5. The van der Waals surface area contributed by atoms with Crippen LogP contribution in [0, 0.1) is 13.8 Å². The Morgan fingerprint density at radius 1 is 1.22 bits per heavy atom. The monoisotopic (exact) mass is 262 g/mol. The maximum atomic E-state index is 12.4. The Hall–Kier alpha value is -1.61. The van der Waals surface area contributed by atoms with Crippen molar-refractivity contribution in [2.45, 2.75) is 20.4 Å². The van der Waals surface area contributed by atoms with Gasteiger partial charge < -0.3 is 4.57 Å². The summed E-state index contributed by atoms with van der Waals surface area (Å²) in [6, 6.07) is 9.50. The van der Waals surface area contributed by atoms with Crippen LogP contribution in [-0.2, 0) is 6.54 Å². The zero-order chi connectivity index (χ0) is 13.1. The molecule has 4 heteroatoms. The van der Waals surface area contributed by atoms with E-state index in [4.69, 9.17) is 11.6 Å². The molecule has 0 amide bonds. The zero-order valence-electron chi connectivity index (χ0n) is 10.5. The summed E-state index contributed by atoms with van der Waals surface area (Å²) in [4.78, 5) is 16.8. The van der Waals surface area contributed by atoms with Crippen molar-refractivity contribution in [3.63, 3.8) is 0 Å². The average molecular weight is 263 g/mol. The highest BCUT2D eigenvalue weighted by molar-refractivity contribution is 6.17. The molecule has 0 fully saturated rings. The summed E-state index contributed by atoms with van der Waals surface area (Å²) in [5, 5.41) is 0. The SMILES string of the molecule is Cc1nc(-c2ccccc2)c(=O)n(CCCl)c1C. The summed E-state index contributed by atoms with van der Waals surface area (Å²) in [7, 11) is 0. The quantitative estimate of drug-likeness (QED) is 0.798. The second kappa shape index (κ2) is 5.36. The molecular formula is C14H15ClN2O. The summed E-state index contributed by atoms with van der Waals surface area (Å²) in [5.74, 6) is 0.415. The molecule has 0 unspecified atom stereocenters. The fourth-order valence-corrected chi connectivity index (χ4v) is 2.08. The first kappa shape index (κ1) is 12.8. The van der Waals surface area contributed by atoms with E-state index in [1.807, 2.05) is 44.2 Å². The number of hydrogen-bond acceptors (Lipinski definition) is 2. The Kier molecular flexibility index (Phi) is 3.82. The molecule has 1 aromatic carbocycles. The number of rotatable bonds is 3. The van der Waals surface area contributed by atoms with E-state index in [0.29, 0.717) is 18.1 Å². The number of alkyl halides is 1. The summed E-state index contributed by atoms with van der Waals surface area (Å²) < 4.78 is 1.69. The van der Waals surface area contributed by atoms with E-state index in [0.717, 1.165) is 17.0 Å². The Morgan fingerprint density at radius 2 is 1.89 bits per heavy atom. The maximum Gasteiger partial charge on any atom is 0.277 e. The molecule has 2 rings (SSSR count). The van der Waals surface area contributed by atoms with Crippen molar-refractivity contribution < 1.29 is 0 Å². The van der Waals surface area contributed by atoms with E-state index >= 15 is 0 Å². The molecule has 0 aliphatic rings. The predicted molar refractivity (Wildman–Crippen MR) is 74.1 cm³/mol. The van der Waals surface area contributed by atoms with Crippen LogP contribution in [0.25, 0.3) is 11.3 Å². The third-order valence-corrected chi connectivity index (χ3v) is 3.18. The van der Waals surface area contributed by atoms with Crippen LogP contribution in [0.2, 0.25) is 0 Å². The van der Waals surface area contributed by atoms with Crippen molar-refractivity contribution in [2.24, 2.45) is 0 Å². The second-order valence-corrected chi connectivity index (χ2v) is 4.52. The van der Waals surface area contributed by atoms with Gasteiger partial charge >= 0.3 is 0 Å². The van der Waals surface area contributed by atoms with Crippen molar-refractivity contribution >= 4 is 11.6 Å². The molecule has 0 aliphatic heterocycles. The van der Waals surface area contributed by atoms with Gasteiger partial charge in [0, 0.05) is 23.7 Å². The lowest BCUT2D eigenvalue weighted by Gasteiger charge is -2.12. The van der Waals surface area contributed by atoms with Gasteiger partial charge in [-0.2, -0.15) is 0 Å². The van der Waals surface area contributed by atoms with Crippen LogP contribution in [0.15, 0.2) is 35.1 Å². The molecule has 94 valence electrons. The van der Waals surface area contributed by atoms with Crippen LogP contribution in [0.1, 0.15) is 11.4 Å². The van der Waals surface area contributed by atoms with Crippen molar-refractivity contribution in [2.75, 3.05) is 5.88 Å². The van der Waals surface area contributed by atoms with E-state index in [-0.39, 0.29) is 5.56 Å². The molecule has 18 heavy (non-hydrogen) atoms. The largest absolute Gasteiger partial charge is 0.308 e. The summed E-state index contributed by atoms with van der Waals surface area (Å²) >= 11 is 5.75. The Morgan fingerprint density at radius 3 is 2.50 bits per heavy atom. The first-order chi connectivity index (χ1) is 8.65. The van der Waals surface area contributed by atoms with E-state index in [9.17, 15) is 4.79 Å². The van der Waals surface area contributed by atoms with Crippen molar-refractivity contribution in [3.05, 3.63) is 52.1 Å². The Bertz CT molecular complexity index is 605. The minimum absolute atomic E-state index is 0.0787. The van der Waals surface area contributed by atoms with Gasteiger partial charge in [-0.25, -0.2) is 4.98 Å². The summed E-state index contributed by atoms with van der Waals surface area (Å²) in [5.41, 5.74) is 2.99. The molecular weight excluding hydrogens is 248 g/mol. The molecule has 0 radical (unpaired) electrons. The molecule has 0 atom stereocenters. The van der Waals surface area contributed by atoms with E-state index in [2.05, 4.69) is 4.98 Å². The smallest absolute Gasteiger partial charge is 0.277 e. The highest BCUT2D eigenvalue weighted by Gasteiger charge is 2.12. The zero-order valence-corrected chi connectivity index (χ0v) is 11.2. The van der Waals surface area contributed by atoms with Crippen LogP contribution >= 0.6 is 11.6 Å². The predicted octanol–water partition coefficient (Wildman–Crippen LogP) is 2.77. The highest BCUT2D eigenvalue weighted by Crippen LogP contribution is 2.14. The Labute approximate surface area is 111 Å². The molecule has 1 aromatic heterocycles. The van der Waals surface area contributed by atoms with Crippen molar-refractivity contribution in [1.29, 1.82) is 0 Å². The van der Waals surface area contributed by atoms with Gasteiger partial charge in [0.25, 0.3) is 5.56 Å². The molecule has 3 nitrogen and oxygen atoms in total. The second-order valence-electron chi connectivity index (χ2n) is 4.14. The lowest BCUT2D eigenvalue weighted by molar-refractivity contribution is 0.689. The third kappa shape index (κ3) is 2.31. The third-order valence-electron chi connectivity index (χ3n) is 3.01. The standard InChI is InChI=1S/C14H15ClN2O/c1-10-11(2)17(9-8-15)14(18)13(16-10)12-6-4-3-5-7-12/h3-7H,8-9H2,1-2H3. The molecule has 0 spiro atoms. The molecule has 2 aromatic rings. The van der Waals surface area contributed by atoms with Gasteiger partial charge in [0.2, 0.25) is 0 Å². The number of benzene rings is 1. The van der Waals surface area contributed by atoms with Gasteiger partial charge in [-0.3, -0.25) is 4.79 Å². The van der Waals surface area contributed by atoms with E-state index in [1.54, 1.807) is 4.57 Å². The minimum atomic E-state index is -0.0787. The van der Waals surface area contributed by atoms with Gasteiger partial charge in [-0.1, -0.05) is 30.3 Å². The van der Waals surface area contributed by atoms with Crippen LogP contribution in [-0.4, -0.2) is 15.4 Å². The summed E-state index contributed by atoms with van der Waals surface area (Å²) in [6.45, 7) is 4.31. The maximum absolute atomic E-state index is 12.4. The van der Waals surface area contributed by atoms with Crippen LogP contribution in [0.4, 0.5) is 0 Å². The van der Waals surface area contributed by atoms with Gasteiger partial charge in [0.05, 0.1) is 5.69 Å². The first-order valence-corrected chi connectivity index (χ1v) is 6.38. The van der Waals surface area contributed by atoms with Gasteiger partial charge in [0.1, 0.15) is 5.69 Å². The molecule has 0 N–H and O–H groups in total. The molecule has 0 saturated heterocycles. The lowest BCUT2D eigenvalue weighted by Crippen LogP contribution is -2.27. The van der Waals surface area contributed by atoms with Crippen molar-refractivity contribution in [3.8, 4) is 11.3 Å². The summed E-state index contributed by atoms with van der Waals surface area (Å²) in [6.07, 6.45) is 0. The average Bonchev–Trinajstić information content (AvgIpc) is 2.40. The number of hydrogen-bond donors (Lipinski definition) is 0. The van der Waals surface area contributed by atoms with E-state index in [1.165, 1.54) is 0 Å². The molecule has 0 aliphatic carbocycles. The van der Waals surface area contributed by atoms with Gasteiger partial charge in [-0.15, -0.1) is 11.6 Å². The first-order valence-electron chi connectivity index (χ1n) is 5.84. The number of nitrogens with zero attached hydrogens (tertiary/aromatic N) is 2. The Balaban J connectivity index is 2.67. The normalized spacial score (nSPS) is 10.6. The van der Waals surface area contributed by atoms with Gasteiger partial charge in [-0.05, 0) is 13.8 Å². The topological polar surface area (TPSA) is 34.9 Å². The molecule has 1 heterocycles. The fraction of sp³-hybridized carbons (Fsp3) is 0.286. The van der Waals surface area contributed by atoms with Crippen molar-refractivity contribution in [1.82, 2.24) is 9.55 Å². The lowest BCUT2D eigenvalue weighted by atomic mass is 10.1. The van der Waals surface area contributed by atoms with Gasteiger partial charge in [0.15, 0.2) is 0 Å². The van der Waals surface area contributed by atoms with Crippen LogP contribution in [0.5, 0.6) is 0 Å². The van der Waals surface area contributed by atoms with Crippen LogP contribution in [0.3, 0.4) is 0 Å². The number of aryl methyl sites for hydroxylation is 1. The fourth-order valence-electron chi connectivity index (χ4n) is 1.91. The number of halogens is 1.